The Labute approximate surface area is 151 Å². The highest BCUT2D eigenvalue weighted by Crippen LogP contribution is 2.36. The van der Waals surface area contributed by atoms with Gasteiger partial charge in [0.25, 0.3) is 5.91 Å². The second-order valence-corrected chi connectivity index (χ2v) is 5.95. The van der Waals surface area contributed by atoms with Gasteiger partial charge in [-0.25, -0.2) is 4.98 Å². The van der Waals surface area contributed by atoms with Crippen LogP contribution < -0.4 is 5.32 Å². The molecule has 0 fully saturated rings. The smallest absolute Gasteiger partial charge is 0.345 e. The number of rotatable bonds is 3. The molecule has 0 aliphatic carbocycles. The molecule has 27 heavy (non-hydrogen) atoms. The molecule has 5 nitrogen and oxygen atoms in total. The summed E-state index contributed by atoms with van der Waals surface area (Å²) in [7, 11) is 0. The Kier molecular flexibility index (Phi) is 4.02. The number of nitrogens with one attached hydrogen (secondary N) is 2. The Bertz CT molecular complexity index is 1120. The molecule has 0 aliphatic rings. The SMILES string of the molecule is O=C(NCc1nc2ccccc2[nH]1)c1cnc2ccccc2c1C(F)(F)F. The van der Waals surface area contributed by atoms with Crippen molar-refractivity contribution in [2.24, 2.45) is 0 Å². The van der Waals surface area contributed by atoms with Crippen LogP contribution in [0.2, 0.25) is 0 Å². The van der Waals surface area contributed by atoms with E-state index in [2.05, 4.69) is 20.3 Å². The fourth-order valence-corrected chi connectivity index (χ4v) is 2.97. The Morgan fingerprint density at radius 1 is 1.04 bits per heavy atom. The number of fused-ring (bicyclic) bond motifs is 2. The van der Waals surface area contributed by atoms with E-state index in [-0.39, 0.29) is 17.4 Å². The zero-order chi connectivity index (χ0) is 19.0. The van der Waals surface area contributed by atoms with Gasteiger partial charge in [0.15, 0.2) is 0 Å². The van der Waals surface area contributed by atoms with Crippen molar-refractivity contribution in [1.82, 2.24) is 20.3 Å². The van der Waals surface area contributed by atoms with Crippen molar-refractivity contribution in [2.45, 2.75) is 12.7 Å². The third-order valence-electron chi connectivity index (χ3n) is 4.16. The fraction of sp³-hybridized carbons (Fsp3) is 0.105. The number of aromatic nitrogens is 3. The van der Waals surface area contributed by atoms with Gasteiger partial charge in [-0.3, -0.25) is 9.78 Å². The number of imidazole rings is 1. The van der Waals surface area contributed by atoms with Crippen molar-refractivity contribution in [1.29, 1.82) is 0 Å². The Morgan fingerprint density at radius 3 is 2.48 bits per heavy atom. The quantitative estimate of drug-likeness (QED) is 0.571. The average molecular weight is 370 g/mol. The first-order chi connectivity index (χ1) is 12.9. The van der Waals surface area contributed by atoms with Gasteiger partial charge in [-0.05, 0) is 18.2 Å². The minimum atomic E-state index is -4.69. The lowest BCUT2D eigenvalue weighted by Crippen LogP contribution is -2.26. The maximum absolute atomic E-state index is 13.6. The number of aromatic amines is 1. The number of hydrogen-bond acceptors (Lipinski definition) is 3. The van der Waals surface area contributed by atoms with Gasteiger partial charge in [-0.1, -0.05) is 30.3 Å². The van der Waals surface area contributed by atoms with Crippen LogP contribution in [0, 0.1) is 0 Å². The van der Waals surface area contributed by atoms with Crippen LogP contribution in [0.25, 0.3) is 21.9 Å². The number of amides is 1. The van der Waals surface area contributed by atoms with Crippen molar-refractivity contribution >= 4 is 27.8 Å². The van der Waals surface area contributed by atoms with E-state index in [4.69, 9.17) is 0 Å². The first-order valence-electron chi connectivity index (χ1n) is 8.10. The molecule has 0 atom stereocenters. The molecule has 0 aliphatic heterocycles. The molecule has 8 heteroatoms. The number of nitrogens with zero attached hydrogens (tertiary/aromatic N) is 2. The predicted octanol–water partition coefficient (Wildman–Crippen LogP) is 4.06. The predicted molar refractivity (Wildman–Crippen MR) is 94.0 cm³/mol. The third kappa shape index (κ3) is 3.21. The summed E-state index contributed by atoms with van der Waals surface area (Å²) in [6, 6.07) is 13.1. The number of halogens is 3. The van der Waals surface area contributed by atoms with E-state index in [1.807, 2.05) is 18.2 Å². The van der Waals surface area contributed by atoms with Crippen LogP contribution in [0.5, 0.6) is 0 Å². The molecule has 4 aromatic rings. The van der Waals surface area contributed by atoms with Crippen LogP contribution in [0.4, 0.5) is 13.2 Å². The molecule has 0 bridgehead atoms. The molecule has 0 saturated carbocycles. The van der Waals surface area contributed by atoms with Crippen LogP contribution in [0.15, 0.2) is 54.7 Å². The summed E-state index contributed by atoms with van der Waals surface area (Å²) in [5.41, 5.74) is 0.168. The van der Waals surface area contributed by atoms with Crippen LogP contribution >= 0.6 is 0 Å². The Balaban J connectivity index is 1.66. The molecule has 1 amide bonds. The molecule has 0 saturated heterocycles. The van der Waals surface area contributed by atoms with Crippen LogP contribution in [-0.4, -0.2) is 20.9 Å². The van der Waals surface area contributed by atoms with Gasteiger partial charge in [0.2, 0.25) is 0 Å². The van der Waals surface area contributed by atoms with Crippen molar-refractivity contribution in [3.63, 3.8) is 0 Å². The highest BCUT2D eigenvalue weighted by atomic mass is 19.4. The summed E-state index contributed by atoms with van der Waals surface area (Å²) in [4.78, 5) is 23.7. The van der Waals surface area contributed by atoms with Crippen LogP contribution in [0.1, 0.15) is 21.7 Å². The van der Waals surface area contributed by atoms with E-state index in [9.17, 15) is 18.0 Å². The fourth-order valence-electron chi connectivity index (χ4n) is 2.97. The van der Waals surface area contributed by atoms with Crippen molar-refractivity contribution < 1.29 is 18.0 Å². The molecule has 2 aromatic carbocycles. The number of pyridine rings is 1. The average Bonchev–Trinajstić information content (AvgIpc) is 3.07. The van der Waals surface area contributed by atoms with Gasteiger partial charge in [0.1, 0.15) is 5.82 Å². The lowest BCUT2D eigenvalue weighted by molar-refractivity contribution is -0.136. The Hall–Kier alpha value is -3.42. The number of hydrogen-bond donors (Lipinski definition) is 2. The molecule has 0 unspecified atom stereocenters. The number of alkyl halides is 3. The van der Waals surface area contributed by atoms with Crippen molar-refractivity contribution in [3.8, 4) is 0 Å². The van der Waals surface area contributed by atoms with Crippen molar-refractivity contribution in [2.75, 3.05) is 0 Å². The molecule has 2 aromatic heterocycles. The standard InChI is InChI=1S/C19H13F3N4O/c20-19(21,22)17-11-5-1-2-6-13(11)23-9-12(17)18(27)24-10-16-25-14-7-3-4-8-15(14)26-16/h1-9H,10H2,(H,24,27)(H,25,26). The number of benzene rings is 2. The topological polar surface area (TPSA) is 70.7 Å². The molecule has 2 N–H and O–H groups in total. The van der Waals surface area contributed by atoms with Gasteiger partial charge in [0, 0.05) is 11.6 Å². The van der Waals surface area contributed by atoms with Gasteiger partial charge in [0.05, 0.1) is 34.2 Å². The first-order valence-corrected chi connectivity index (χ1v) is 8.10. The molecule has 136 valence electrons. The lowest BCUT2D eigenvalue weighted by atomic mass is 10.0. The number of H-pyrrole nitrogens is 1. The summed E-state index contributed by atoms with van der Waals surface area (Å²) in [5, 5.41) is 2.37. The normalized spacial score (nSPS) is 11.8. The summed E-state index contributed by atoms with van der Waals surface area (Å²) in [5.74, 6) is -0.409. The van der Waals surface area contributed by atoms with Crippen LogP contribution in [0.3, 0.4) is 0 Å². The largest absolute Gasteiger partial charge is 0.417 e. The van der Waals surface area contributed by atoms with Crippen LogP contribution in [-0.2, 0) is 12.7 Å². The molecule has 2 heterocycles. The molecule has 0 radical (unpaired) electrons. The zero-order valence-electron chi connectivity index (χ0n) is 13.8. The maximum Gasteiger partial charge on any atom is 0.417 e. The van der Waals surface area contributed by atoms with Gasteiger partial charge in [-0.2, -0.15) is 13.2 Å². The minimum Gasteiger partial charge on any atom is -0.345 e. The lowest BCUT2D eigenvalue weighted by Gasteiger charge is -2.15. The number of para-hydroxylation sites is 3. The number of carbonyl (C=O) groups is 1. The summed E-state index contributed by atoms with van der Waals surface area (Å²) in [6.45, 7) is -0.0301. The van der Waals surface area contributed by atoms with E-state index in [1.54, 1.807) is 12.1 Å². The highest BCUT2D eigenvalue weighted by Gasteiger charge is 2.37. The van der Waals surface area contributed by atoms with Crippen molar-refractivity contribution in [3.05, 3.63) is 71.7 Å². The molecule has 4 rings (SSSR count). The number of carbonyl (C=O) groups excluding carboxylic acids is 1. The summed E-state index contributed by atoms with van der Waals surface area (Å²) < 4.78 is 40.8. The Morgan fingerprint density at radius 2 is 1.74 bits per heavy atom. The second-order valence-electron chi connectivity index (χ2n) is 5.95. The third-order valence-corrected chi connectivity index (χ3v) is 4.16. The van der Waals surface area contributed by atoms with E-state index in [0.717, 1.165) is 11.7 Å². The molecular weight excluding hydrogens is 357 g/mol. The van der Waals surface area contributed by atoms with E-state index < -0.39 is 23.2 Å². The second kappa shape index (κ2) is 6.39. The zero-order valence-corrected chi connectivity index (χ0v) is 13.8. The van der Waals surface area contributed by atoms with Gasteiger partial charge >= 0.3 is 6.18 Å². The monoisotopic (exact) mass is 370 g/mol. The summed E-state index contributed by atoms with van der Waals surface area (Å²) in [6.07, 6.45) is -3.73. The van der Waals surface area contributed by atoms with E-state index >= 15 is 0 Å². The first kappa shape index (κ1) is 17.0. The molecular formula is C19H13F3N4O. The summed E-state index contributed by atoms with van der Waals surface area (Å²) >= 11 is 0. The van der Waals surface area contributed by atoms with E-state index in [1.165, 1.54) is 18.2 Å². The minimum absolute atomic E-state index is 0.0301. The highest BCUT2D eigenvalue weighted by molar-refractivity contribution is 6.00. The van der Waals surface area contributed by atoms with E-state index in [0.29, 0.717) is 11.3 Å². The van der Waals surface area contributed by atoms with Gasteiger partial charge in [-0.15, -0.1) is 0 Å². The van der Waals surface area contributed by atoms with Gasteiger partial charge < -0.3 is 10.3 Å². The molecule has 0 spiro atoms. The maximum atomic E-state index is 13.6.